The number of methoxy groups -OCH3 is 1. The van der Waals surface area contributed by atoms with Gasteiger partial charge in [0.25, 0.3) is 0 Å². The van der Waals surface area contributed by atoms with Crippen LogP contribution in [0.4, 0.5) is 0 Å². The number of hydrogen-bond acceptors (Lipinski definition) is 5. The second-order valence-electron chi connectivity index (χ2n) is 4.94. The maximum atomic E-state index is 11.2. The zero-order valence-corrected chi connectivity index (χ0v) is 11.9. The van der Waals surface area contributed by atoms with Crippen LogP contribution in [0.15, 0.2) is 6.07 Å². The van der Waals surface area contributed by atoms with E-state index in [-0.39, 0.29) is 18.0 Å². The highest BCUT2D eigenvalue weighted by atomic mass is 35.5. The van der Waals surface area contributed by atoms with Crippen LogP contribution in [0.5, 0.6) is 11.6 Å². The van der Waals surface area contributed by atoms with Crippen LogP contribution in [-0.2, 0) is 4.79 Å². The van der Waals surface area contributed by atoms with E-state index in [9.17, 15) is 4.79 Å². The molecule has 2 aliphatic heterocycles. The average molecular weight is 298 g/mol. The van der Waals surface area contributed by atoms with Gasteiger partial charge in [-0.15, -0.1) is 0 Å². The second-order valence-corrected chi connectivity index (χ2v) is 5.33. The van der Waals surface area contributed by atoms with Crippen LogP contribution in [0.25, 0.3) is 0 Å². The van der Waals surface area contributed by atoms with Crippen molar-refractivity contribution in [3.63, 3.8) is 0 Å². The molecule has 2 aliphatic rings. The molecule has 1 amide bonds. The zero-order valence-electron chi connectivity index (χ0n) is 11.1. The van der Waals surface area contributed by atoms with Crippen LogP contribution in [0.2, 0.25) is 5.15 Å². The molecule has 0 aliphatic carbocycles. The number of fused-ring (bicyclic) bond motifs is 1. The van der Waals surface area contributed by atoms with Crippen molar-refractivity contribution in [2.24, 2.45) is 0 Å². The van der Waals surface area contributed by atoms with Crippen LogP contribution in [-0.4, -0.2) is 37.2 Å². The monoisotopic (exact) mass is 297 g/mol. The van der Waals surface area contributed by atoms with Gasteiger partial charge in [-0.3, -0.25) is 4.79 Å². The Morgan fingerprint density at radius 1 is 1.65 bits per heavy atom. The number of nitrogens with one attached hydrogen (secondary N) is 2. The van der Waals surface area contributed by atoms with Gasteiger partial charge in [0.05, 0.1) is 18.7 Å². The van der Waals surface area contributed by atoms with Crippen molar-refractivity contribution in [3.05, 3.63) is 16.8 Å². The third-order valence-electron chi connectivity index (χ3n) is 3.60. The predicted molar refractivity (Wildman–Crippen MR) is 73.2 cm³/mol. The summed E-state index contributed by atoms with van der Waals surface area (Å²) in [5.41, 5.74) is 0.890. The Hall–Kier alpha value is -1.53. The molecule has 6 nitrogen and oxygen atoms in total. The van der Waals surface area contributed by atoms with E-state index in [1.807, 2.05) is 0 Å². The second kappa shape index (κ2) is 5.46. The first-order valence-corrected chi connectivity index (χ1v) is 6.95. The molecule has 1 saturated heterocycles. The molecule has 0 radical (unpaired) electrons. The van der Waals surface area contributed by atoms with Crippen molar-refractivity contribution in [1.29, 1.82) is 0 Å². The Morgan fingerprint density at radius 2 is 2.50 bits per heavy atom. The molecule has 3 heterocycles. The number of halogens is 1. The number of nitrogens with zero attached hydrogens (tertiary/aromatic N) is 1. The van der Waals surface area contributed by atoms with Gasteiger partial charge < -0.3 is 20.1 Å². The van der Waals surface area contributed by atoms with Gasteiger partial charge in [0.1, 0.15) is 17.5 Å². The number of hydrogen-bond donors (Lipinski definition) is 2. The molecule has 0 spiro atoms. The third-order valence-corrected chi connectivity index (χ3v) is 3.79. The Balaban J connectivity index is 1.71. The van der Waals surface area contributed by atoms with Crippen molar-refractivity contribution in [2.45, 2.75) is 24.9 Å². The maximum Gasteiger partial charge on any atom is 0.223 e. The molecular weight excluding hydrogens is 282 g/mol. The molecule has 0 aromatic carbocycles. The highest BCUT2D eigenvalue weighted by Gasteiger charge is 2.31. The summed E-state index contributed by atoms with van der Waals surface area (Å²) in [6.07, 6.45) is 1.47. The fraction of sp³-hybridized carbons (Fsp3) is 0.538. The molecule has 1 fully saturated rings. The number of ether oxygens (including phenoxy) is 2. The smallest absolute Gasteiger partial charge is 0.223 e. The largest absolute Gasteiger partial charge is 0.491 e. The van der Waals surface area contributed by atoms with E-state index in [0.717, 1.165) is 12.0 Å². The van der Waals surface area contributed by atoms with Crippen LogP contribution in [0.3, 0.4) is 0 Å². The summed E-state index contributed by atoms with van der Waals surface area (Å²) in [5, 5.41) is 6.67. The highest BCUT2D eigenvalue weighted by Crippen LogP contribution is 2.39. The van der Waals surface area contributed by atoms with Crippen molar-refractivity contribution >= 4 is 17.5 Å². The van der Waals surface area contributed by atoms with E-state index >= 15 is 0 Å². The van der Waals surface area contributed by atoms with Gasteiger partial charge in [0.15, 0.2) is 0 Å². The highest BCUT2D eigenvalue weighted by molar-refractivity contribution is 6.29. The molecule has 1 aromatic rings. The van der Waals surface area contributed by atoms with E-state index in [1.165, 1.54) is 0 Å². The van der Waals surface area contributed by atoms with Gasteiger partial charge in [-0.2, -0.15) is 0 Å². The van der Waals surface area contributed by atoms with Crippen molar-refractivity contribution in [3.8, 4) is 11.6 Å². The molecule has 3 rings (SSSR count). The fourth-order valence-electron chi connectivity index (χ4n) is 2.61. The Kier molecular flexibility index (Phi) is 3.67. The molecule has 2 atom stereocenters. The van der Waals surface area contributed by atoms with E-state index in [2.05, 4.69) is 15.6 Å². The summed E-state index contributed by atoms with van der Waals surface area (Å²) in [7, 11) is 1.56. The summed E-state index contributed by atoms with van der Waals surface area (Å²) in [5.74, 6) is 1.30. The lowest BCUT2D eigenvalue weighted by molar-refractivity contribution is -0.119. The van der Waals surface area contributed by atoms with Crippen molar-refractivity contribution < 1.29 is 14.3 Å². The zero-order chi connectivity index (χ0) is 14.1. The molecule has 108 valence electrons. The van der Waals surface area contributed by atoms with Crippen LogP contribution in [0.1, 0.15) is 24.4 Å². The molecule has 0 saturated carbocycles. The summed E-state index contributed by atoms with van der Waals surface area (Å²) in [6.45, 7) is 1.21. The van der Waals surface area contributed by atoms with Crippen molar-refractivity contribution in [2.75, 3.05) is 20.3 Å². The van der Waals surface area contributed by atoms with E-state index in [0.29, 0.717) is 36.4 Å². The summed E-state index contributed by atoms with van der Waals surface area (Å²) >= 11 is 5.91. The van der Waals surface area contributed by atoms with Crippen LogP contribution >= 0.6 is 11.6 Å². The minimum Gasteiger partial charge on any atom is -0.491 e. The molecule has 20 heavy (non-hydrogen) atoms. The summed E-state index contributed by atoms with van der Waals surface area (Å²) in [6, 6.07) is 1.87. The van der Waals surface area contributed by atoms with Crippen LogP contribution in [0, 0.1) is 0 Å². The normalized spacial score (nSPS) is 24.2. The lowest BCUT2D eigenvalue weighted by atomic mass is 10.1. The maximum absolute atomic E-state index is 11.2. The summed E-state index contributed by atoms with van der Waals surface area (Å²) < 4.78 is 10.9. The first-order valence-electron chi connectivity index (χ1n) is 6.57. The van der Waals surface area contributed by atoms with E-state index in [1.54, 1.807) is 13.2 Å². The average Bonchev–Trinajstić information content (AvgIpc) is 3.01. The quantitative estimate of drug-likeness (QED) is 0.813. The number of pyridine rings is 1. The minimum atomic E-state index is 0.00205. The van der Waals surface area contributed by atoms with Crippen molar-refractivity contribution in [1.82, 2.24) is 15.6 Å². The standard InChI is InChI=1S/C13H16ClN3O3/c1-19-13-12-8(6-20-9(12)4-10(14)17-13)15-5-7-2-3-11(18)16-7/h4,7-8,15H,2-3,5-6H2,1H3,(H,16,18)/t7-,8?/m0/s1. The minimum absolute atomic E-state index is 0.00205. The topological polar surface area (TPSA) is 72.5 Å². The molecule has 1 unspecified atom stereocenters. The first-order chi connectivity index (χ1) is 9.67. The molecule has 2 N–H and O–H groups in total. The molecule has 0 bridgehead atoms. The molecule has 1 aromatic heterocycles. The Bertz CT molecular complexity index is 538. The number of carbonyl (C=O) groups excluding carboxylic acids is 1. The van der Waals surface area contributed by atoms with Gasteiger partial charge in [0, 0.05) is 25.1 Å². The Labute approximate surface area is 121 Å². The van der Waals surface area contributed by atoms with Gasteiger partial charge in [0.2, 0.25) is 11.8 Å². The molecular formula is C13H16ClN3O3. The van der Waals surface area contributed by atoms with Crippen LogP contribution < -0.4 is 20.1 Å². The van der Waals surface area contributed by atoms with Gasteiger partial charge >= 0.3 is 0 Å². The predicted octanol–water partition coefficient (Wildman–Crippen LogP) is 1.05. The first kappa shape index (κ1) is 13.5. The van der Waals surface area contributed by atoms with Gasteiger partial charge in [-0.25, -0.2) is 4.98 Å². The number of rotatable bonds is 4. The lowest BCUT2D eigenvalue weighted by Crippen LogP contribution is -2.37. The third kappa shape index (κ3) is 2.53. The lowest BCUT2D eigenvalue weighted by Gasteiger charge is -2.16. The van der Waals surface area contributed by atoms with E-state index in [4.69, 9.17) is 21.1 Å². The van der Waals surface area contributed by atoms with E-state index < -0.39 is 0 Å². The fourth-order valence-corrected chi connectivity index (χ4v) is 2.78. The number of aromatic nitrogens is 1. The SMILES string of the molecule is COc1nc(Cl)cc2c1C(NC[C@@H]1CCC(=O)N1)CO2. The van der Waals surface area contributed by atoms with Gasteiger partial charge in [-0.1, -0.05) is 11.6 Å². The molecule has 7 heteroatoms. The Morgan fingerprint density at radius 3 is 3.20 bits per heavy atom. The summed E-state index contributed by atoms with van der Waals surface area (Å²) in [4.78, 5) is 15.3. The van der Waals surface area contributed by atoms with Gasteiger partial charge in [-0.05, 0) is 6.42 Å². The number of carbonyl (C=O) groups is 1. The number of amides is 1.